The van der Waals surface area contributed by atoms with Crippen LogP contribution in [0.2, 0.25) is 0 Å². The second kappa shape index (κ2) is 16.8. The first-order valence-electron chi connectivity index (χ1n) is 23.0. The minimum Gasteiger partial charge on any atom is -0.315 e. The first-order valence-corrected chi connectivity index (χ1v) is 23.0. The molecule has 0 saturated heterocycles. The van der Waals surface area contributed by atoms with Crippen molar-refractivity contribution in [3.05, 3.63) is 239 Å². The van der Waals surface area contributed by atoms with E-state index in [-0.39, 0.29) is 5.41 Å². The van der Waals surface area contributed by atoms with Gasteiger partial charge in [-0.15, -0.1) is 6.42 Å². The van der Waals surface area contributed by atoms with E-state index in [1.54, 1.807) is 0 Å². The van der Waals surface area contributed by atoms with Gasteiger partial charge in [0.1, 0.15) is 0 Å². The number of aromatic nitrogens is 1. The van der Waals surface area contributed by atoms with Gasteiger partial charge in [-0.1, -0.05) is 178 Å². The summed E-state index contributed by atoms with van der Waals surface area (Å²) >= 11 is 0. The Kier molecular flexibility index (Phi) is 10.3. The summed E-state index contributed by atoms with van der Waals surface area (Å²) in [6.45, 7) is 6.84. The summed E-state index contributed by atoms with van der Waals surface area (Å²) in [6, 6.07) is 70.5. The molecule has 0 bridgehead atoms. The smallest absolute Gasteiger partial charge is 0.0619 e. The molecule has 0 saturated carbocycles. The van der Waals surface area contributed by atoms with Gasteiger partial charge >= 0.3 is 0 Å². The molecular formula is C64H50N2. The number of anilines is 2. The van der Waals surface area contributed by atoms with E-state index in [4.69, 9.17) is 6.42 Å². The van der Waals surface area contributed by atoms with E-state index in [1.807, 2.05) is 18.2 Å². The van der Waals surface area contributed by atoms with Crippen molar-refractivity contribution in [1.82, 2.24) is 4.57 Å². The van der Waals surface area contributed by atoms with Crippen LogP contribution in [0.1, 0.15) is 50.3 Å². The second-order valence-corrected chi connectivity index (χ2v) is 18.0. The van der Waals surface area contributed by atoms with Crippen molar-refractivity contribution in [2.75, 3.05) is 4.90 Å². The highest BCUT2D eigenvalue weighted by Crippen LogP contribution is 2.50. The van der Waals surface area contributed by atoms with E-state index in [1.165, 1.54) is 77.2 Å². The number of rotatable bonds is 9. The summed E-state index contributed by atoms with van der Waals surface area (Å²) in [7, 11) is 0. The van der Waals surface area contributed by atoms with Crippen LogP contribution < -0.4 is 15.5 Å². The maximum atomic E-state index is 6.07. The van der Waals surface area contributed by atoms with Crippen LogP contribution in [0.3, 0.4) is 0 Å². The molecular weight excluding hydrogens is 797 g/mol. The summed E-state index contributed by atoms with van der Waals surface area (Å²) in [5, 5.41) is 3.90. The fourth-order valence-electron chi connectivity index (χ4n) is 10.3. The molecule has 316 valence electrons. The minimum absolute atomic E-state index is 0.121. The number of terminal acetylenes is 1. The van der Waals surface area contributed by atoms with Gasteiger partial charge in [0.05, 0.1) is 5.52 Å². The molecule has 0 amide bonds. The molecule has 0 atom stereocenters. The van der Waals surface area contributed by atoms with Gasteiger partial charge in [-0.3, -0.25) is 0 Å². The molecule has 1 aromatic heterocycles. The van der Waals surface area contributed by atoms with Crippen LogP contribution in [0.4, 0.5) is 11.4 Å². The van der Waals surface area contributed by atoms with E-state index in [9.17, 15) is 0 Å². The molecule has 2 nitrogen and oxygen atoms in total. The molecule has 9 aromatic rings. The third-order valence-electron chi connectivity index (χ3n) is 13.7. The van der Waals surface area contributed by atoms with Gasteiger partial charge in [-0.2, -0.15) is 0 Å². The average Bonchev–Trinajstić information content (AvgIpc) is 3.83. The normalized spacial score (nSPS) is 13.8. The van der Waals surface area contributed by atoms with Crippen molar-refractivity contribution in [3.8, 4) is 62.5 Å². The summed E-state index contributed by atoms with van der Waals surface area (Å²) in [4.78, 5) is 2.35. The number of nitrogens with zero attached hydrogens (tertiary/aromatic N) is 2. The highest BCUT2D eigenvalue weighted by Gasteiger charge is 2.35. The molecule has 0 N–H and O–H groups in total. The molecule has 2 aliphatic rings. The Bertz CT molecular complexity index is 3520. The standard InChI is InChI=1S/C64H50N2/c1-5-45(46-19-9-6-10-20-46)30-29-44(2)65(54-39-40-56-55-25-15-17-27-60(55)64(3,4)61(56)43-54)53-37-35-48(36-38-53)47-31-33-49(34-32-47)51-41-58(50-21-11-7-12-22-50)63-59(42-51)57-26-16-18-28-62(57)66(63)52-23-13-8-14-24-52/h1,6-15,17,19-43H,16,18H2,2-4H3/b44-29+,45-30+. The van der Waals surface area contributed by atoms with Crippen LogP contribution in [0.25, 0.3) is 78.8 Å². The third-order valence-corrected chi connectivity index (χ3v) is 13.7. The SMILES string of the molecule is C#C/C(=C\C=C(/C)N(c1ccc(-c2ccc(-c3cc(-c4ccccc4)c4c(c3)c3c(n4-c4ccccc4)=CCCC=3)cc2)cc1)c1ccc2c(c1)C(C)(C)c1ccccc1-2)c1ccccc1. The van der Waals surface area contributed by atoms with E-state index in [0.29, 0.717) is 0 Å². The molecule has 2 aliphatic carbocycles. The molecule has 1 heterocycles. The highest BCUT2D eigenvalue weighted by atomic mass is 15.1. The van der Waals surface area contributed by atoms with E-state index in [0.717, 1.165) is 46.6 Å². The van der Waals surface area contributed by atoms with Gasteiger partial charge in [0.15, 0.2) is 0 Å². The first kappa shape index (κ1) is 40.6. The molecule has 0 unspecified atom stereocenters. The molecule has 2 heteroatoms. The lowest BCUT2D eigenvalue weighted by Gasteiger charge is -2.28. The molecule has 0 fully saturated rings. The Hall–Kier alpha value is -8.12. The maximum absolute atomic E-state index is 6.07. The summed E-state index contributed by atoms with van der Waals surface area (Å²) in [5.74, 6) is 2.92. The molecule has 0 aliphatic heterocycles. The van der Waals surface area contributed by atoms with Crippen molar-refractivity contribution in [1.29, 1.82) is 0 Å². The van der Waals surface area contributed by atoms with E-state index >= 15 is 0 Å². The van der Waals surface area contributed by atoms with Crippen molar-refractivity contribution in [2.45, 2.75) is 39.0 Å². The van der Waals surface area contributed by atoms with E-state index in [2.05, 4.69) is 236 Å². The second-order valence-electron chi connectivity index (χ2n) is 18.0. The molecule has 66 heavy (non-hydrogen) atoms. The van der Waals surface area contributed by atoms with Gasteiger partial charge in [0.2, 0.25) is 0 Å². The van der Waals surface area contributed by atoms with Gasteiger partial charge in [0.25, 0.3) is 0 Å². The van der Waals surface area contributed by atoms with Crippen molar-refractivity contribution >= 4 is 40.0 Å². The Labute approximate surface area is 388 Å². The number of fused-ring (bicyclic) bond motifs is 6. The molecule has 0 spiro atoms. The lowest BCUT2D eigenvalue weighted by molar-refractivity contribution is 0.660. The molecule has 0 radical (unpaired) electrons. The fourth-order valence-corrected chi connectivity index (χ4v) is 10.3. The maximum Gasteiger partial charge on any atom is 0.0619 e. The zero-order chi connectivity index (χ0) is 44.8. The Balaban J connectivity index is 0.968. The van der Waals surface area contributed by atoms with Gasteiger partial charge < -0.3 is 9.47 Å². The molecule has 11 rings (SSSR count). The number of para-hydroxylation sites is 1. The number of benzene rings is 8. The van der Waals surface area contributed by atoms with Gasteiger partial charge in [-0.25, -0.2) is 0 Å². The van der Waals surface area contributed by atoms with Crippen LogP contribution in [-0.2, 0) is 5.41 Å². The summed E-state index contributed by atoms with van der Waals surface area (Å²) in [6.07, 6.45) is 17.2. The third kappa shape index (κ3) is 7.11. The van der Waals surface area contributed by atoms with Crippen LogP contribution in [0.15, 0.2) is 212 Å². The summed E-state index contributed by atoms with van der Waals surface area (Å²) in [5.41, 5.74) is 19.9. The average molecular weight is 847 g/mol. The Morgan fingerprint density at radius 3 is 1.85 bits per heavy atom. The zero-order valence-electron chi connectivity index (χ0n) is 37.7. The summed E-state index contributed by atoms with van der Waals surface area (Å²) < 4.78 is 2.47. The lowest BCUT2D eigenvalue weighted by Crippen LogP contribution is -2.30. The van der Waals surface area contributed by atoms with Gasteiger partial charge in [-0.05, 0) is 136 Å². The Morgan fingerprint density at radius 2 is 1.14 bits per heavy atom. The first-order chi connectivity index (χ1) is 32.4. The lowest BCUT2D eigenvalue weighted by atomic mass is 9.82. The fraction of sp³-hybridized carbons (Fsp3) is 0.0938. The topological polar surface area (TPSA) is 8.17 Å². The van der Waals surface area contributed by atoms with Crippen molar-refractivity contribution in [2.24, 2.45) is 0 Å². The van der Waals surface area contributed by atoms with Gasteiger partial charge in [0, 0.05) is 55.3 Å². The van der Waals surface area contributed by atoms with Crippen LogP contribution in [0, 0.1) is 12.3 Å². The van der Waals surface area contributed by atoms with Crippen molar-refractivity contribution in [3.63, 3.8) is 0 Å². The predicted octanol–water partition coefficient (Wildman–Crippen LogP) is 15.1. The predicted molar refractivity (Wildman–Crippen MR) is 280 cm³/mol. The molecule has 8 aromatic carbocycles. The quantitative estimate of drug-likeness (QED) is 0.104. The van der Waals surface area contributed by atoms with Crippen molar-refractivity contribution < 1.29 is 0 Å². The van der Waals surface area contributed by atoms with Crippen LogP contribution in [0.5, 0.6) is 0 Å². The minimum atomic E-state index is -0.121. The number of hydrogen-bond acceptors (Lipinski definition) is 1. The monoisotopic (exact) mass is 846 g/mol. The van der Waals surface area contributed by atoms with E-state index < -0.39 is 0 Å². The Morgan fingerprint density at radius 1 is 0.545 bits per heavy atom. The zero-order valence-corrected chi connectivity index (χ0v) is 37.7. The largest absolute Gasteiger partial charge is 0.315 e. The highest BCUT2D eigenvalue weighted by molar-refractivity contribution is 6.00. The van der Waals surface area contributed by atoms with Crippen LogP contribution >= 0.6 is 0 Å². The number of hydrogen-bond donors (Lipinski definition) is 0. The number of allylic oxidation sites excluding steroid dienone is 4. The van der Waals surface area contributed by atoms with Crippen LogP contribution in [-0.4, -0.2) is 4.57 Å².